The van der Waals surface area contributed by atoms with E-state index in [4.69, 9.17) is 0 Å². The van der Waals surface area contributed by atoms with Crippen LogP contribution in [0.3, 0.4) is 0 Å². The van der Waals surface area contributed by atoms with Gasteiger partial charge >= 0.3 is 0 Å². The Balaban J connectivity index is 0.00000274. The van der Waals surface area contributed by atoms with Gasteiger partial charge < -0.3 is 15.7 Å². The van der Waals surface area contributed by atoms with Crippen LogP contribution in [0.2, 0.25) is 0 Å². The zero-order chi connectivity index (χ0) is 27.2. The van der Waals surface area contributed by atoms with Crippen molar-refractivity contribution in [1.29, 1.82) is 0 Å². The van der Waals surface area contributed by atoms with Gasteiger partial charge in [0.2, 0.25) is 5.91 Å². The molecule has 0 aromatic heterocycles. The Morgan fingerprint density at radius 3 is 2.14 bits per heavy atom. The van der Waals surface area contributed by atoms with Crippen LogP contribution in [-0.2, 0) is 4.79 Å². The maximum absolute atomic E-state index is 12.7. The largest absolute Gasteiger partial charge is 0.391 e. The highest BCUT2D eigenvalue weighted by Crippen LogP contribution is 2.25. The summed E-state index contributed by atoms with van der Waals surface area (Å²) in [5.41, 5.74) is 0.0344. The molecule has 1 saturated heterocycles. The van der Waals surface area contributed by atoms with Crippen LogP contribution < -0.4 is 10.6 Å². The lowest BCUT2D eigenvalue weighted by Crippen LogP contribution is -2.55. The molecule has 1 aliphatic rings. The fourth-order valence-electron chi connectivity index (χ4n) is 3.66. The summed E-state index contributed by atoms with van der Waals surface area (Å²) in [6, 6.07) is 7.28. The van der Waals surface area contributed by atoms with E-state index in [1.807, 2.05) is 93.5 Å². The van der Waals surface area contributed by atoms with Gasteiger partial charge in [-0.15, -0.1) is 11.8 Å². The average molecular weight is 510 g/mol. The van der Waals surface area contributed by atoms with Crippen molar-refractivity contribution in [2.45, 2.75) is 117 Å². The molecule has 2 atom stereocenters. The van der Waals surface area contributed by atoms with Gasteiger partial charge in [-0.25, -0.2) is 0 Å². The van der Waals surface area contributed by atoms with Crippen LogP contribution in [0.15, 0.2) is 29.2 Å². The zero-order valence-electron chi connectivity index (χ0n) is 23.8. The summed E-state index contributed by atoms with van der Waals surface area (Å²) in [5, 5.41) is 16.8. The molecule has 1 fully saturated rings. The molecule has 1 aromatic carbocycles. The molecule has 1 aromatic rings. The number of hydrogen-bond donors (Lipinski definition) is 3. The normalized spacial score (nSPS) is 17.2. The molecule has 0 bridgehead atoms. The molecule has 7 heteroatoms. The Hall–Kier alpha value is -1.57. The van der Waals surface area contributed by atoms with Crippen LogP contribution in [0.5, 0.6) is 0 Å². The minimum Gasteiger partial charge on any atom is -0.391 e. The minimum atomic E-state index is -0.591. The fourth-order valence-corrected chi connectivity index (χ4v) is 4.63. The van der Waals surface area contributed by atoms with Gasteiger partial charge in [-0.3, -0.25) is 14.5 Å². The number of carbonyl (C=O) groups is 2. The van der Waals surface area contributed by atoms with Crippen LogP contribution in [0.4, 0.5) is 0 Å². The first-order valence-electron chi connectivity index (χ1n) is 13.1. The Morgan fingerprint density at radius 2 is 1.57 bits per heavy atom. The van der Waals surface area contributed by atoms with Gasteiger partial charge in [0.25, 0.3) is 5.91 Å². The zero-order valence-corrected chi connectivity index (χ0v) is 24.6. The summed E-state index contributed by atoms with van der Waals surface area (Å²) in [6.45, 7) is 21.1. The quantitative estimate of drug-likeness (QED) is 0.424. The Kier molecular flexibility index (Phi) is 15.5. The van der Waals surface area contributed by atoms with E-state index in [2.05, 4.69) is 15.5 Å². The van der Waals surface area contributed by atoms with Crippen LogP contribution in [0, 0.1) is 0 Å². The summed E-state index contributed by atoms with van der Waals surface area (Å²) < 4.78 is 0. The number of nitrogens with one attached hydrogen (secondary N) is 2. The highest BCUT2D eigenvalue weighted by Gasteiger charge is 2.31. The number of piperidine rings is 1. The second kappa shape index (κ2) is 16.2. The molecule has 2 rings (SSSR count). The molecule has 202 valence electrons. The summed E-state index contributed by atoms with van der Waals surface area (Å²) in [7, 11) is 0. The highest BCUT2D eigenvalue weighted by atomic mass is 32.2. The fraction of sp³-hybridized carbons (Fsp3) is 0.714. The minimum absolute atomic E-state index is 0.0382. The molecule has 0 spiro atoms. The number of benzene rings is 1. The summed E-state index contributed by atoms with van der Waals surface area (Å²) in [4.78, 5) is 28.3. The van der Waals surface area contributed by atoms with E-state index < -0.39 is 6.10 Å². The Morgan fingerprint density at radius 1 is 1.00 bits per heavy atom. The second-order valence-electron chi connectivity index (χ2n) is 10.4. The van der Waals surface area contributed by atoms with Gasteiger partial charge in [-0.1, -0.05) is 46.2 Å². The van der Waals surface area contributed by atoms with E-state index in [9.17, 15) is 14.7 Å². The maximum atomic E-state index is 12.7. The van der Waals surface area contributed by atoms with Gasteiger partial charge in [-0.2, -0.15) is 0 Å². The summed E-state index contributed by atoms with van der Waals surface area (Å²) in [5.74, 6) is 0.389. The number of nitrogens with zero attached hydrogens (tertiary/aromatic N) is 1. The van der Waals surface area contributed by atoms with Crippen molar-refractivity contribution in [3.05, 3.63) is 29.8 Å². The van der Waals surface area contributed by atoms with E-state index in [1.54, 1.807) is 0 Å². The molecule has 0 aliphatic carbocycles. The molecule has 2 amide bonds. The second-order valence-corrected chi connectivity index (χ2v) is 11.5. The topological polar surface area (TPSA) is 81.7 Å². The predicted octanol–water partition coefficient (Wildman–Crippen LogP) is 5.49. The van der Waals surface area contributed by atoms with Crippen molar-refractivity contribution >= 4 is 23.6 Å². The van der Waals surface area contributed by atoms with Gasteiger partial charge in [0.05, 0.1) is 17.7 Å². The lowest BCUT2D eigenvalue weighted by atomic mass is 9.99. The molecule has 2 unspecified atom stereocenters. The SMILES string of the molecule is CC.CC.CC(C)(C)NC(=O)c1ccccc1SCC(O)CN1CCCCC1C(=O)NC(C)(C)C. The van der Waals surface area contributed by atoms with Crippen molar-refractivity contribution in [1.82, 2.24) is 15.5 Å². The van der Waals surface area contributed by atoms with Crippen molar-refractivity contribution in [3.63, 3.8) is 0 Å². The lowest BCUT2D eigenvalue weighted by Gasteiger charge is -2.37. The predicted molar refractivity (Wildman–Crippen MR) is 150 cm³/mol. The van der Waals surface area contributed by atoms with E-state index >= 15 is 0 Å². The molecule has 1 heterocycles. The third kappa shape index (κ3) is 13.3. The molecule has 0 saturated carbocycles. The van der Waals surface area contributed by atoms with Crippen molar-refractivity contribution in [2.24, 2.45) is 0 Å². The van der Waals surface area contributed by atoms with E-state index in [0.29, 0.717) is 17.9 Å². The monoisotopic (exact) mass is 509 g/mol. The number of aliphatic hydroxyl groups is 1. The number of thioether (sulfide) groups is 1. The first-order valence-corrected chi connectivity index (χ1v) is 14.1. The van der Waals surface area contributed by atoms with Crippen LogP contribution in [-0.4, -0.2) is 63.9 Å². The Bertz CT molecular complexity index is 757. The van der Waals surface area contributed by atoms with Crippen LogP contribution in [0.1, 0.15) is 98.9 Å². The van der Waals surface area contributed by atoms with Gasteiger partial charge in [0.15, 0.2) is 0 Å². The molecule has 35 heavy (non-hydrogen) atoms. The molecular weight excluding hydrogens is 458 g/mol. The first kappa shape index (κ1) is 33.4. The van der Waals surface area contributed by atoms with E-state index in [-0.39, 0.29) is 28.9 Å². The highest BCUT2D eigenvalue weighted by molar-refractivity contribution is 7.99. The number of carbonyl (C=O) groups excluding carboxylic acids is 2. The van der Waals surface area contributed by atoms with Crippen molar-refractivity contribution in [2.75, 3.05) is 18.8 Å². The summed E-state index contributed by atoms with van der Waals surface area (Å²) >= 11 is 1.48. The van der Waals surface area contributed by atoms with Crippen molar-refractivity contribution in [3.8, 4) is 0 Å². The smallest absolute Gasteiger partial charge is 0.252 e. The lowest BCUT2D eigenvalue weighted by molar-refractivity contribution is -0.129. The number of amides is 2. The Labute approximate surface area is 219 Å². The maximum Gasteiger partial charge on any atom is 0.252 e. The third-order valence-corrected chi connectivity index (χ3v) is 6.13. The molecule has 3 N–H and O–H groups in total. The molecule has 0 radical (unpaired) electrons. The molecular formula is C28H51N3O3S. The van der Waals surface area contributed by atoms with Gasteiger partial charge in [0.1, 0.15) is 0 Å². The number of aliphatic hydroxyl groups excluding tert-OH is 1. The first-order chi connectivity index (χ1) is 16.4. The number of likely N-dealkylation sites (tertiary alicyclic amines) is 1. The summed E-state index contributed by atoms with van der Waals surface area (Å²) in [6.07, 6.45) is 2.29. The number of β-amino-alcohol motifs (C(OH)–C–C–N with tert-alkyl or cyclic N) is 1. The van der Waals surface area contributed by atoms with Crippen molar-refractivity contribution < 1.29 is 14.7 Å². The van der Waals surface area contributed by atoms with E-state index in [1.165, 1.54) is 11.8 Å². The number of rotatable bonds is 7. The van der Waals surface area contributed by atoms with Crippen LogP contribution in [0.25, 0.3) is 0 Å². The average Bonchev–Trinajstić information content (AvgIpc) is 2.78. The molecule has 6 nitrogen and oxygen atoms in total. The number of hydrogen-bond acceptors (Lipinski definition) is 5. The van der Waals surface area contributed by atoms with Crippen LogP contribution >= 0.6 is 11.8 Å². The van der Waals surface area contributed by atoms with E-state index in [0.717, 1.165) is 30.7 Å². The third-order valence-electron chi connectivity index (χ3n) is 4.91. The standard InChI is InChI=1S/C24H39N3O3S.2C2H6/c1-23(2,3)25-21(29)18-11-7-8-13-20(18)31-16-17(28)15-27-14-10-9-12-19(27)22(30)26-24(4,5)6;2*1-2/h7-8,11,13,17,19,28H,9-10,12,14-16H2,1-6H3,(H,25,29)(H,26,30);2*1-2H3. The van der Waals surface area contributed by atoms with Gasteiger partial charge in [0, 0.05) is 28.3 Å². The van der Waals surface area contributed by atoms with Gasteiger partial charge in [-0.05, 0) is 73.1 Å². The molecule has 1 aliphatic heterocycles.